The number of carbonyl (C=O) groups is 2. The van der Waals surface area contributed by atoms with Gasteiger partial charge in [0.1, 0.15) is 18.1 Å². The topological polar surface area (TPSA) is 84.7 Å². The SMILES string of the molecule is Cc1noc(C)c1COc1cccc(C(=O)N(C)CC(=O)Nc2ccc(Cl)c(Cl)c2)c1. The number of rotatable bonds is 7. The molecular formula is C22H21Cl2N3O4. The zero-order valence-electron chi connectivity index (χ0n) is 17.2. The van der Waals surface area contributed by atoms with Crippen molar-refractivity contribution in [2.75, 3.05) is 18.9 Å². The molecule has 162 valence electrons. The largest absolute Gasteiger partial charge is 0.489 e. The summed E-state index contributed by atoms with van der Waals surface area (Å²) in [5.41, 5.74) is 2.53. The van der Waals surface area contributed by atoms with Crippen molar-refractivity contribution in [3.63, 3.8) is 0 Å². The van der Waals surface area contributed by atoms with Crippen molar-refractivity contribution in [2.24, 2.45) is 0 Å². The molecule has 31 heavy (non-hydrogen) atoms. The van der Waals surface area contributed by atoms with Crippen LogP contribution in [0.5, 0.6) is 5.75 Å². The normalized spacial score (nSPS) is 10.6. The third kappa shape index (κ3) is 5.77. The van der Waals surface area contributed by atoms with E-state index in [0.717, 1.165) is 11.3 Å². The van der Waals surface area contributed by atoms with Crippen molar-refractivity contribution in [3.05, 3.63) is 75.1 Å². The van der Waals surface area contributed by atoms with Crippen LogP contribution in [-0.4, -0.2) is 35.5 Å². The average Bonchev–Trinajstić information content (AvgIpc) is 3.06. The van der Waals surface area contributed by atoms with Crippen molar-refractivity contribution in [1.82, 2.24) is 10.1 Å². The number of likely N-dealkylation sites (N-methyl/N-ethyl adjacent to an activating group) is 1. The van der Waals surface area contributed by atoms with Gasteiger partial charge in [-0.1, -0.05) is 34.4 Å². The molecule has 0 unspecified atom stereocenters. The summed E-state index contributed by atoms with van der Waals surface area (Å²) in [6.07, 6.45) is 0. The van der Waals surface area contributed by atoms with E-state index in [1.54, 1.807) is 49.5 Å². The van der Waals surface area contributed by atoms with E-state index in [9.17, 15) is 9.59 Å². The Hall–Kier alpha value is -3.03. The number of nitrogens with zero attached hydrogens (tertiary/aromatic N) is 2. The van der Waals surface area contributed by atoms with Gasteiger partial charge in [-0.05, 0) is 50.2 Å². The molecule has 0 aliphatic carbocycles. The van der Waals surface area contributed by atoms with Crippen LogP contribution in [0.25, 0.3) is 0 Å². The first-order chi connectivity index (χ1) is 14.7. The summed E-state index contributed by atoms with van der Waals surface area (Å²) in [7, 11) is 1.55. The molecule has 7 nitrogen and oxygen atoms in total. The minimum atomic E-state index is -0.361. The molecule has 2 aromatic carbocycles. The molecule has 0 saturated heterocycles. The van der Waals surface area contributed by atoms with Crippen LogP contribution < -0.4 is 10.1 Å². The third-order valence-corrected chi connectivity index (χ3v) is 5.32. The fourth-order valence-corrected chi connectivity index (χ4v) is 3.16. The Morgan fingerprint density at radius 2 is 1.90 bits per heavy atom. The zero-order chi connectivity index (χ0) is 22.5. The second kappa shape index (κ2) is 9.85. The maximum atomic E-state index is 12.8. The molecule has 0 spiro atoms. The highest BCUT2D eigenvalue weighted by Gasteiger charge is 2.16. The Morgan fingerprint density at radius 3 is 2.58 bits per heavy atom. The van der Waals surface area contributed by atoms with Gasteiger partial charge in [0, 0.05) is 18.3 Å². The van der Waals surface area contributed by atoms with Gasteiger partial charge >= 0.3 is 0 Å². The van der Waals surface area contributed by atoms with Crippen LogP contribution in [0.15, 0.2) is 47.0 Å². The zero-order valence-corrected chi connectivity index (χ0v) is 18.8. The number of amides is 2. The fourth-order valence-electron chi connectivity index (χ4n) is 2.86. The second-order valence-electron chi connectivity index (χ2n) is 6.96. The molecule has 2 amide bonds. The van der Waals surface area contributed by atoms with Crippen molar-refractivity contribution in [1.29, 1.82) is 0 Å². The first-order valence-electron chi connectivity index (χ1n) is 9.39. The number of aromatic nitrogens is 1. The smallest absolute Gasteiger partial charge is 0.254 e. The predicted molar refractivity (Wildman–Crippen MR) is 119 cm³/mol. The van der Waals surface area contributed by atoms with Gasteiger partial charge in [0.05, 0.1) is 27.8 Å². The van der Waals surface area contributed by atoms with E-state index in [4.69, 9.17) is 32.5 Å². The molecule has 3 rings (SSSR count). The highest BCUT2D eigenvalue weighted by molar-refractivity contribution is 6.42. The number of hydrogen-bond donors (Lipinski definition) is 1. The molecule has 3 aromatic rings. The summed E-state index contributed by atoms with van der Waals surface area (Å²) < 4.78 is 10.9. The Morgan fingerprint density at radius 1 is 1.13 bits per heavy atom. The van der Waals surface area contributed by atoms with E-state index >= 15 is 0 Å². The molecule has 1 heterocycles. The summed E-state index contributed by atoms with van der Waals surface area (Å²) in [6, 6.07) is 11.5. The monoisotopic (exact) mass is 461 g/mol. The molecule has 0 radical (unpaired) electrons. The van der Waals surface area contributed by atoms with Crippen LogP contribution in [-0.2, 0) is 11.4 Å². The summed E-state index contributed by atoms with van der Waals surface area (Å²) in [4.78, 5) is 26.4. The van der Waals surface area contributed by atoms with Gasteiger partial charge in [0.15, 0.2) is 0 Å². The lowest BCUT2D eigenvalue weighted by molar-refractivity contribution is -0.116. The lowest BCUT2D eigenvalue weighted by Gasteiger charge is -2.17. The molecule has 0 atom stereocenters. The highest BCUT2D eigenvalue weighted by Crippen LogP contribution is 2.25. The number of hydrogen-bond acceptors (Lipinski definition) is 5. The summed E-state index contributed by atoms with van der Waals surface area (Å²) in [5, 5.41) is 7.31. The van der Waals surface area contributed by atoms with Gasteiger partial charge in [-0.2, -0.15) is 0 Å². The number of aryl methyl sites for hydroxylation is 2. The van der Waals surface area contributed by atoms with Gasteiger partial charge < -0.3 is 19.5 Å². The molecule has 0 aliphatic rings. The van der Waals surface area contributed by atoms with Crippen LogP contribution >= 0.6 is 23.2 Å². The van der Waals surface area contributed by atoms with Crippen molar-refractivity contribution < 1.29 is 18.8 Å². The van der Waals surface area contributed by atoms with E-state index in [-0.39, 0.29) is 25.0 Å². The lowest BCUT2D eigenvalue weighted by Crippen LogP contribution is -2.34. The van der Waals surface area contributed by atoms with E-state index in [0.29, 0.717) is 32.8 Å². The van der Waals surface area contributed by atoms with Gasteiger partial charge in [0.2, 0.25) is 5.91 Å². The first kappa shape index (κ1) is 22.7. The van der Waals surface area contributed by atoms with Gasteiger partial charge in [0.25, 0.3) is 5.91 Å². The first-order valence-corrected chi connectivity index (χ1v) is 10.1. The highest BCUT2D eigenvalue weighted by atomic mass is 35.5. The second-order valence-corrected chi connectivity index (χ2v) is 7.77. The molecule has 9 heteroatoms. The maximum absolute atomic E-state index is 12.8. The molecular weight excluding hydrogens is 441 g/mol. The summed E-state index contributed by atoms with van der Waals surface area (Å²) >= 11 is 11.8. The maximum Gasteiger partial charge on any atom is 0.254 e. The van der Waals surface area contributed by atoms with Gasteiger partial charge in [-0.15, -0.1) is 0 Å². The van der Waals surface area contributed by atoms with E-state index in [1.165, 1.54) is 4.90 Å². The molecule has 1 N–H and O–H groups in total. The fraction of sp³-hybridized carbons (Fsp3) is 0.227. The third-order valence-electron chi connectivity index (χ3n) is 4.58. The van der Waals surface area contributed by atoms with Gasteiger partial charge in [-0.3, -0.25) is 9.59 Å². The molecule has 1 aromatic heterocycles. The summed E-state index contributed by atoms with van der Waals surface area (Å²) in [6.45, 7) is 3.80. The van der Waals surface area contributed by atoms with Crippen molar-refractivity contribution in [3.8, 4) is 5.75 Å². The van der Waals surface area contributed by atoms with Crippen LogP contribution in [0, 0.1) is 13.8 Å². The van der Waals surface area contributed by atoms with Crippen LogP contribution in [0.2, 0.25) is 10.0 Å². The standard InChI is InChI=1S/C22H21Cl2N3O4/c1-13-18(14(2)31-26-13)12-30-17-6-4-5-15(9-17)22(29)27(3)11-21(28)25-16-7-8-19(23)20(24)10-16/h4-10H,11-12H2,1-3H3,(H,25,28). The molecule has 0 bridgehead atoms. The predicted octanol–water partition coefficient (Wildman–Crippen LogP) is 4.89. The summed E-state index contributed by atoms with van der Waals surface area (Å²) in [5.74, 6) is 0.545. The number of benzene rings is 2. The van der Waals surface area contributed by atoms with Crippen LogP contribution in [0.3, 0.4) is 0 Å². The van der Waals surface area contributed by atoms with Gasteiger partial charge in [-0.25, -0.2) is 0 Å². The van der Waals surface area contributed by atoms with Crippen LogP contribution in [0.1, 0.15) is 27.4 Å². The van der Waals surface area contributed by atoms with Crippen molar-refractivity contribution >= 4 is 40.7 Å². The number of ether oxygens (including phenoxy) is 1. The Bertz CT molecular complexity index is 1090. The average molecular weight is 462 g/mol. The quantitative estimate of drug-likeness (QED) is 0.541. The molecule has 0 aliphatic heterocycles. The van der Waals surface area contributed by atoms with E-state index in [1.807, 2.05) is 13.8 Å². The minimum Gasteiger partial charge on any atom is -0.489 e. The number of anilines is 1. The Kier molecular flexibility index (Phi) is 7.20. The molecule has 0 saturated carbocycles. The van der Waals surface area contributed by atoms with E-state index in [2.05, 4.69) is 10.5 Å². The Labute approximate surface area is 189 Å². The van der Waals surface area contributed by atoms with Crippen LogP contribution in [0.4, 0.5) is 5.69 Å². The number of halogens is 2. The minimum absolute atomic E-state index is 0.136. The number of nitrogens with one attached hydrogen (secondary N) is 1. The number of carbonyl (C=O) groups excluding carboxylic acids is 2. The van der Waals surface area contributed by atoms with Crippen molar-refractivity contribution in [2.45, 2.75) is 20.5 Å². The van der Waals surface area contributed by atoms with E-state index < -0.39 is 0 Å². The Balaban J connectivity index is 1.60. The lowest BCUT2D eigenvalue weighted by atomic mass is 10.2. The molecule has 0 fully saturated rings.